The van der Waals surface area contributed by atoms with Crippen LogP contribution in [0.25, 0.3) is 11.3 Å². The van der Waals surface area contributed by atoms with E-state index in [1.165, 1.54) is 0 Å². The molecule has 1 aromatic carbocycles. The molecule has 0 radical (unpaired) electrons. The number of furan rings is 1. The fourth-order valence-corrected chi connectivity index (χ4v) is 2.59. The standard InChI is InChI=1S/C20H22N2O3.2ClH/c1-23-19-8-6-15(13-20(19)24-2)18-9-7-17(25-18)14-21-12-10-16-5-3-4-11-22-16;;/h3-9,11,13,21H,10,12,14H2,1-2H3;2*1H. The smallest absolute Gasteiger partial charge is 0.161 e. The SMILES string of the molecule is COc1ccc(-c2ccc(CNCCc3ccccn3)o2)cc1OC.Cl.Cl. The highest BCUT2D eigenvalue weighted by Crippen LogP contribution is 2.32. The molecule has 0 saturated heterocycles. The Hall–Kier alpha value is -2.21. The summed E-state index contributed by atoms with van der Waals surface area (Å²) in [5.41, 5.74) is 2.04. The van der Waals surface area contributed by atoms with Gasteiger partial charge in [-0.3, -0.25) is 4.98 Å². The van der Waals surface area contributed by atoms with Crippen molar-refractivity contribution >= 4 is 24.8 Å². The van der Waals surface area contributed by atoms with Crippen molar-refractivity contribution in [3.63, 3.8) is 0 Å². The first-order valence-corrected chi connectivity index (χ1v) is 8.22. The summed E-state index contributed by atoms with van der Waals surface area (Å²) < 4.78 is 16.5. The zero-order valence-corrected chi connectivity index (χ0v) is 16.9. The minimum atomic E-state index is 0. The highest BCUT2D eigenvalue weighted by Gasteiger charge is 2.09. The normalized spacial score (nSPS) is 9.85. The van der Waals surface area contributed by atoms with Crippen molar-refractivity contribution in [2.75, 3.05) is 20.8 Å². The fraction of sp³-hybridized carbons (Fsp3) is 0.250. The van der Waals surface area contributed by atoms with Crippen molar-refractivity contribution in [1.82, 2.24) is 10.3 Å². The summed E-state index contributed by atoms with van der Waals surface area (Å²) in [5.74, 6) is 3.09. The zero-order chi connectivity index (χ0) is 17.5. The number of methoxy groups -OCH3 is 2. The van der Waals surface area contributed by atoms with E-state index in [1.54, 1.807) is 14.2 Å². The average molecular weight is 411 g/mol. The second-order valence-electron chi connectivity index (χ2n) is 5.58. The Kier molecular flexibility index (Phi) is 9.72. The number of ether oxygens (including phenoxy) is 2. The molecule has 2 aromatic heterocycles. The van der Waals surface area contributed by atoms with Gasteiger partial charge in [0.15, 0.2) is 11.5 Å². The minimum absolute atomic E-state index is 0. The Labute approximate surface area is 171 Å². The predicted molar refractivity (Wildman–Crippen MR) is 111 cm³/mol. The van der Waals surface area contributed by atoms with Crippen LogP contribution in [-0.4, -0.2) is 25.7 Å². The first-order valence-electron chi connectivity index (χ1n) is 8.22. The van der Waals surface area contributed by atoms with Gasteiger partial charge in [-0.15, -0.1) is 24.8 Å². The number of halogens is 2. The van der Waals surface area contributed by atoms with E-state index >= 15 is 0 Å². The number of hydrogen-bond donors (Lipinski definition) is 1. The van der Waals surface area contributed by atoms with Crippen LogP contribution in [0.4, 0.5) is 0 Å². The molecule has 5 nitrogen and oxygen atoms in total. The first-order chi connectivity index (χ1) is 12.3. The minimum Gasteiger partial charge on any atom is -0.493 e. The third-order valence-electron chi connectivity index (χ3n) is 3.91. The van der Waals surface area contributed by atoms with Crippen molar-refractivity contribution in [2.24, 2.45) is 0 Å². The summed E-state index contributed by atoms with van der Waals surface area (Å²) >= 11 is 0. The van der Waals surface area contributed by atoms with Gasteiger partial charge in [0.25, 0.3) is 0 Å². The molecule has 3 rings (SSSR count). The lowest BCUT2D eigenvalue weighted by Crippen LogP contribution is -2.16. The summed E-state index contributed by atoms with van der Waals surface area (Å²) in [6.45, 7) is 1.53. The number of aromatic nitrogens is 1. The van der Waals surface area contributed by atoms with E-state index in [1.807, 2.05) is 54.7 Å². The summed E-state index contributed by atoms with van der Waals surface area (Å²) in [5, 5.41) is 3.38. The monoisotopic (exact) mass is 410 g/mol. The second kappa shape index (κ2) is 11.5. The molecule has 0 amide bonds. The first kappa shape index (κ1) is 22.8. The van der Waals surface area contributed by atoms with Gasteiger partial charge >= 0.3 is 0 Å². The van der Waals surface area contributed by atoms with E-state index in [4.69, 9.17) is 13.9 Å². The lowest BCUT2D eigenvalue weighted by atomic mass is 10.1. The van der Waals surface area contributed by atoms with Gasteiger partial charge in [0.2, 0.25) is 0 Å². The summed E-state index contributed by atoms with van der Waals surface area (Å²) in [6, 6.07) is 15.7. The van der Waals surface area contributed by atoms with E-state index in [-0.39, 0.29) is 24.8 Å². The molecule has 146 valence electrons. The molecular formula is C20H24Cl2N2O3. The van der Waals surface area contributed by atoms with Crippen LogP contribution in [0.3, 0.4) is 0 Å². The van der Waals surface area contributed by atoms with E-state index in [2.05, 4.69) is 10.3 Å². The third kappa shape index (κ3) is 6.17. The zero-order valence-electron chi connectivity index (χ0n) is 15.3. The molecule has 0 aliphatic carbocycles. The Morgan fingerprint density at radius 1 is 0.963 bits per heavy atom. The maximum atomic E-state index is 5.92. The molecular weight excluding hydrogens is 387 g/mol. The Morgan fingerprint density at radius 3 is 2.48 bits per heavy atom. The van der Waals surface area contributed by atoms with Crippen molar-refractivity contribution in [1.29, 1.82) is 0 Å². The molecule has 0 unspecified atom stereocenters. The van der Waals surface area contributed by atoms with Gasteiger partial charge in [-0.25, -0.2) is 0 Å². The van der Waals surface area contributed by atoms with Crippen molar-refractivity contribution in [3.8, 4) is 22.8 Å². The highest BCUT2D eigenvalue weighted by atomic mass is 35.5. The number of benzene rings is 1. The molecule has 0 aliphatic rings. The van der Waals surface area contributed by atoms with Gasteiger partial charge in [0.05, 0.1) is 20.8 Å². The number of nitrogens with zero attached hydrogens (tertiary/aromatic N) is 1. The molecule has 27 heavy (non-hydrogen) atoms. The number of nitrogens with one attached hydrogen (secondary N) is 1. The van der Waals surface area contributed by atoms with E-state index in [0.717, 1.165) is 35.7 Å². The summed E-state index contributed by atoms with van der Waals surface area (Å²) in [7, 11) is 3.25. The molecule has 0 aliphatic heterocycles. The Morgan fingerprint density at radius 2 is 1.78 bits per heavy atom. The second-order valence-corrected chi connectivity index (χ2v) is 5.58. The predicted octanol–water partition coefficient (Wildman–Crippen LogP) is 4.53. The lowest BCUT2D eigenvalue weighted by Gasteiger charge is -2.08. The maximum absolute atomic E-state index is 5.92. The van der Waals surface area contributed by atoms with Gasteiger partial charge in [0, 0.05) is 30.4 Å². The molecule has 7 heteroatoms. The van der Waals surface area contributed by atoms with Crippen LogP contribution in [0.5, 0.6) is 11.5 Å². The molecule has 0 saturated carbocycles. The molecule has 0 spiro atoms. The molecule has 2 heterocycles. The summed E-state index contributed by atoms with van der Waals surface area (Å²) in [4.78, 5) is 4.31. The summed E-state index contributed by atoms with van der Waals surface area (Å²) in [6.07, 6.45) is 2.71. The van der Waals surface area contributed by atoms with Gasteiger partial charge in [-0.05, 0) is 42.5 Å². The Balaban J connectivity index is 0.00000182. The van der Waals surface area contributed by atoms with Gasteiger partial charge in [0.1, 0.15) is 11.5 Å². The van der Waals surface area contributed by atoms with Crippen LogP contribution in [0.15, 0.2) is 59.1 Å². The lowest BCUT2D eigenvalue weighted by molar-refractivity contribution is 0.355. The van der Waals surface area contributed by atoms with Crippen LogP contribution in [0.2, 0.25) is 0 Å². The van der Waals surface area contributed by atoms with Crippen LogP contribution in [0, 0.1) is 0 Å². The molecule has 3 aromatic rings. The number of rotatable bonds is 8. The van der Waals surface area contributed by atoms with E-state index < -0.39 is 0 Å². The van der Waals surface area contributed by atoms with Crippen LogP contribution < -0.4 is 14.8 Å². The largest absolute Gasteiger partial charge is 0.493 e. The molecule has 0 atom stereocenters. The molecule has 1 N–H and O–H groups in total. The van der Waals surface area contributed by atoms with Gasteiger partial charge in [-0.2, -0.15) is 0 Å². The van der Waals surface area contributed by atoms with Crippen molar-refractivity contribution in [3.05, 3.63) is 66.2 Å². The Bertz CT molecular complexity index is 810. The van der Waals surface area contributed by atoms with Crippen molar-refractivity contribution in [2.45, 2.75) is 13.0 Å². The van der Waals surface area contributed by atoms with E-state index in [9.17, 15) is 0 Å². The fourth-order valence-electron chi connectivity index (χ4n) is 2.59. The number of pyridine rings is 1. The number of hydrogen-bond acceptors (Lipinski definition) is 5. The van der Waals surface area contributed by atoms with Crippen LogP contribution in [-0.2, 0) is 13.0 Å². The van der Waals surface area contributed by atoms with Crippen LogP contribution >= 0.6 is 24.8 Å². The third-order valence-corrected chi connectivity index (χ3v) is 3.91. The van der Waals surface area contributed by atoms with Gasteiger partial charge < -0.3 is 19.2 Å². The quantitative estimate of drug-likeness (QED) is 0.552. The molecule has 0 fully saturated rings. The van der Waals surface area contributed by atoms with E-state index in [0.29, 0.717) is 18.0 Å². The maximum Gasteiger partial charge on any atom is 0.161 e. The van der Waals surface area contributed by atoms with Crippen LogP contribution in [0.1, 0.15) is 11.5 Å². The average Bonchev–Trinajstić information content (AvgIpc) is 3.14. The van der Waals surface area contributed by atoms with Gasteiger partial charge in [-0.1, -0.05) is 6.07 Å². The van der Waals surface area contributed by atoms with Crippen molar-refractivity contribution < 1.29 is 13.9 Å². The highest BCUT2D eigenvalue weighted by molar-refractivity contribution is 5.85. The molecule has 0 bridgehead atoms. The topological polar surface area (TPSA) is 56.5 Å².